The number of hydrogen-bond donors (Lipinski definition) is 2. The molecule has 3 aromatic carbocycles. The first-order valence-electron chi connectivity index (χ1n) is 10.7. The minimum absolute atomic E-state index is 0.0203. The number of hydrogen-bond acceptors (Lipinski definition) is 4. The molecule has 0 spiro atoms. The molecule has 7 nitrogen and oxygen atoms in total. The molecule has 0 bridgehead atoms. The van der Waals surface area contributed by atoms with Gasteiger partial charge in [0.05, 0.1) is 16.5 Å². The lowest BCUT2D eigenvalue weighted by Gasteiger charge is -2.18. The molecule has 3 aromatic rings. The Bertz CT molecular complexity index is 1340. The van der Waals surface area contributed by atoms with E-state index < -0.39 is 21.8 Å². The third-order valence-corrected chi connectivity index (χ3v) is 7.02. The Balaban J connectivity index is 1.39. The summed E-state index contributed by atoms with van der Waals surface area (Å²) in [5.74, 6) is -1.81. The van der Waals surface area contributed by atoms with Crippen molar-refractivity contribution in [1.82, 2.24) is 0 Å². The number of anilines is 3. The van der Waals surface area contributed by atoms with Crippen LogP contribution in [0.15, 0.2) is 71.6 Å². The van der Waals surface area contributed by atoms with Gasteiger partial charge in [-0.15, -0.1) is 0 Å². The van der Waals surface area contributed by atoms with Crippen molar-refractivity contribution in [3.8, 4) is 0 Å². The fourth-order valence-corrected chi connectivity index (χ4v) is 4.80. The Kier molecular flexibility index (Phi) is 6.39. The maximum Gasteiger partial charge on any atom is 0.261 e. The van der Waals surface area contributed by atoms with Crippen LogP contribution in [0.1, 0.15) is 17.5 Å². The number of nitrogens with zero attached hydrogens (tertiary/aromatic N) is 1. The Morgan fingerprint density at radius 1 is 0.941 bits per heavy atom. The number of rotatable bonds is 6. The van der Waals surface area contributed by atoms with Crippen molar-refractivity contribution < 1.29 is 22.4 Å². The summed E-state index contributed by atoms with van der Waals surface area (Å²) in [4.78, 5) is 26.6. The maximum absolute atomic E-state index is 14.3. The van der Waals surface area contributed by atoms with Gasteiger partial charge in [-0.25, -0.2) is 12.8 Å². The lowest BCUT2D eigenvalue weighted by molar-refractivity contribution is -0.122. The van der Waals surface area contributed by atoms with Crippen LogP contribution in [-0.2, 0) is 19.6 Å². The third-order valence-electron chi connectivity index (χ3n) is 5.63. The molecule has 176 valence electrons. The van der Waals surface area contributed by atoms with Gasteiger partial charge in [-0.1, -0.05) is 23.8 Å². The molecule has 1 fully saturated rings. The lowest BCUT2D eigenvalue weighted by Crippen LogP contribution is -2.28. The summed E-state index contributed by atoms with van der Waals surface area (Å²) in [6, 6.07) is 17.3. The fraction of sp³-hybridized carbons (Fsp3) is 0.200. The highest BCUT2D eigenvalue weighted by Gasteiger charge is 2.36. The summed E-state index contributed by atoms with van der Waals surface area (Å²) in [6.07, 6.45) is -0.0203. The number of carbonyl (C=O) groups excluding carboxylic acids is 2. The highest BCUT2D eigenvalue weighted by Crippen LogP contribution is 2.29. The van der Waals surface area contributed by atoms with E-state index in [9.17, 15) is 22.4 Å². The molecule has 1 heterocycles. The Morgan fingerprint density at radius 2 is 1.56 bits per heavy atom. The molecule has 1 aliphatic rings. The summed E-state index contributed by atoms with van der Waals surface area (Å²) in [5.41, 5.74) is 2.66. The first kappa shape index (κ1) is 23.4. The first-order valence-corrected chi connectivity index (χ1v) is 12.2. The van der Waals surface area contributed by atoms with Crippen molar-refractivity contribution in [3.63, 3.8) is 0 Å². The van der Waals surface area contributed by atoms with Crippen LogP contribution in [0.25, 0.3) is 0 Å². The Morgan fingerprint density at radius 3 is 2.21 bits per heavy atom. The normalized spacial score (nSPS) is 15.9. The van der Waals surface area contributed by atoms with Crippen molar-refractivity contribution >= 4 is 38.9 Å². The first-order chi connectivity index (χ1) is 16.1. The SMILES string of the molecule is Cc1ccc(S(=O)(=O)Nc2ccc(NC(=O)C3CC(=O)N(c4ccc(C)cc4F)C3)cc2)cc1. The average molecular weight is 482 g/mol. The van der Waals surface area contributed by atoms with Gasteiger partial charge in [-0.2, -0.15) is 0 Å². The van der Waals surface area contributed by atoms with Gasteiger partial charge in [-0.05, 0) is 67.9 Å². The van der Waals surface area contributed by atoms with Gasteiger partial charge < -0.3 is 10.2 Å². The van der Waals surface area contributed by atoms with Crippen molar-refractivity contribution in [2.24, 2.45) is 5.92 Å². The number of benzene rings is 3. The standard InChI is InChI=1S/C25H24FN3O4S/c1-16-3-10-21(11-4-16)34(32,33)28-20-8-6-19(7-9-20)27-25(31)18-14-24(30)29(15-18)23-12-5-17(2)13-22(23)26/h3-13,18,28H,14-15H2,1-2H3,(H,27,31). The molecule has 34 heavy (non-hydrogen) atoms. The molecule has 9 heteroatoms. The average Bonchev–Trinajstić information content (AvgIpc) is 3.17. The van der Waals surface area contributed by atoms with Gasteiger partial charge >= 0.3 is 0 Å². The Labute approximate surface area is 197 Å². The number of nitrogens with one attached hydrogen (secondary N) is 2. The second-order valence-corrected chi connectivity index (χ2v) is 10.0. The summed E-state index contributed by atoms with van der Waals surface area (Å²) in [6.45, 7) is 3.71. The zero-order chi connectivity index (χ0) is 24.5. The van der Waals surface area contributed by atoms with Crippen molar-refractivity contribution in [3.05, 3.63) is 83.7 Å². The van der Waals surface area contributed by atoms with Gasteiger partial charge in [0.15, 0.2) is 0 Å². The fourth-order valence-electron chi connectivity index (χ4n) is 3.74. The molecule has 0 aromatic heterocycles. The second-order valence-electron chi connectivity index (χ2n) is 8.35. The molecule has 1 unspecified atom stereocenters. The highest BCUT2D eigenvalue weighted by molar-refractivity contribution is 7.92. The number of carbonyl (C=O) groups is 2. The van der Waals surface area contributed by atoms with Crippen LogP contribution in [0, 0.1) is 25.6 Å². The van der Waals surface area contributed by atoms with E-state index in [-0.39, 0.29) is 35.4 Å². The largest absolute Gasteiger partial charge is 0.326 e. The van der Waals surface area contributed by atoms with Gasteiger partial charge in [-0.3, -0.25) is 14.3 Å². The predicted molar refractivity (Wildman–Crippen MR) is 129 cm³/mol. The molecular formula is C25H24FN3O4S. The van der Waals surface area contributed by atoms with Crippen molar-refractivity contribution in [2.75, 3.05) is 21.5 Å². The van der Waals surface area contributed by atoms with E-state index in [0.717, 1.165) is 11.1 Å². The maximum atomic E-state index is 14.3. The summed E-state index contributed by atoms with van der Waals surface area (Å²) in [7, 11) is -3.73. The van der Waals surface area contributed by atoms with Crippen molar-refractivity contribution in [1.29, 1.82) is 0 Å². The molecule has 0 saturated carbocycles. The Hall–Kier alpha value is -3.72. The number of aryl methyl sites for hydroxylation is 2. The van der Waals surface area contributed by atoms with Gasteiger partial charge in [0.25, 0.3) is 10.0 Å². The van der Waals surface area contributed by atoms with Gasteiger partial charge in [0.1, 0.15) is 5.82 Å². The molecule has 0 aliphatic carbocycles. The predicted octanol–water partition coefficient (Wildman–Crippen LogP) is 4.23. The van der Waals surface area contributed by atoms with E-state index in [1.807, 2.05) is 6.92 Å². The quantitative estimate of drug-likeness (QED) is 0.551. The molecule has 1 atom stereocenters. The molecule has 1 saturated heterocycles. The van der Waals surface area contributed by atoms with E-state index >= 15 is 0 Å². The molecule has 4 rings (SSSR count). The highest BCUT2D eigenvalue weighted by atomic mass is 32.2. The van der Waals surface area contributed by atoms with Gasteiger partial charge in [0.2, 0.25) is 11.8 Å². The van der Waals surface area contributed by atoms with Crippen LogP contribution in [-0.4, -0.2) is 26.8 Å². The molecular weight excluding hydrogens is 457 g/mol. The van der Waals surface area contributed by atoms with E-state index in [1.54, 1.807) is 43.3 Å². The minimum atomic E-state index is -3.73. The van der Waals surface area contributed by atoms with Crippen LogP contribution in [0.2, 0.25) is 0 Å². The summed E-state index contributed by atoms with van der Waals surface area (Å²) < 4.78 is 41.8. The van der Waals surface area contributed by atoms with Crippen LogP contribution in [0.3, 0.4) is 0 Å². The van der Waals surface area contributed by atoms with Gasteiger partial charge in [0, 0.05) is 24.3 Å². The lowest BCUT2D eigenvalue weighted by atomic mass is 10.1. The van der Waals surface area contributed by atoms with E-state index in [1.165, 1.54) is 35.2 Å². The van der Waals surface area contributed by atoms with E-state index in [4.69, 9.17) is 0 Å². The van der Waals surface area contributed by atoms with Crippen LogP contribution in [0.5, 0.6) is 0 Å². The number of halogens is 1. The third kappa shape index (κ3) is 5.09. The van der Waals surface area contributed by atoms with E-state index in [0.29, 0.717) is 11.4 Å². The zero-order valence-electron chi connectivity index (χ0n) is 18.7. The van der Waals surface area contributed by atoms with Crippen LogP contribution >= 0.6 is 0 Å². The minimum Gasteiger partial charge on any atom is -0.326 e. The summed E-state index contributed by atoms with van der Waals surface area (Å²) in [5, 5.41) is 2.74. The van der Waals surface area contributed by atoms with Crippen molar-refractivity contribution in [2.45, 2.75) is 25.2 Å². The van der Waals surface area contributed by atoms with Crippen LogP contribution < -0.4 is 14.9 Å². The zero-order valence-corrected chi connectivity index (χ0v) is 19.5. The molecule has 1 aliphatic heterocycles. The number of sulfonamides is 1. The monoisotopic (exact) mass is 481 g/mol. The smallest absolute Gasteiger partial charge is 0.261 e. The molecule has 2 amide bonds. The van der Waals surface area contributed by atoms with Crippen LogP contribution in [0.4, 0.5) is 21.5 Å². The summed E-state index contributed by atoms with van der Waals surface area (Å²) >= 11 is 0. The molecule has 2 N–H and O–H groups in total. The molecule has 0 radical (unpaired) electrons. The number of amides is 2. The topological polar surface area (TPSA) is 95.6 Å². The second kappa shape index (κ2) is 9.26. The van der Waals surface area contributed by atoms with E-state index in [2.05, 4.69) is 10.0 Å².